The smallest absolute Gasteiger partial charge is 0.393 e. The van der Waals surface area contributed by atoms with Crippen LogP contribution in [0.1, 0.15) is 83.5 Å². The third kappa shape index (κ3) is 11.3. The molecule has 6 aliphatic rings. The number of amides is 2. The maximum absolute atomic E-state index is 13.8. The number of hydrogen-bond donors (Lipinski definition) is 8. The lowest BCUT2D eigenvalue weighted by Gasteiger charge is -2.42. The summed E-state index contributed by atoms with van der Waals surface area (Å²) in [6, 6.07) is -0.355. The zero-order valence-corrected chi connectivity index (χ0v) is 32.6. The Balaban J connectivity index is 0.991. The number of nitrogens with one attached hydrogen (secondary N) is 4. The fraction of sp³-hybridized carbons (Fsp3) is 0.919. The maximum atomic E-state index is 13.8. The Morgan fingerprint density at radius 1 is 0.946 bits per heavy atom. The molecule has 0 bridgehead atoms. The number of ether oxygens (including phenoxy) is 2. The van der Waals surface area contributed by atoms with E-state index in [1.807, 2.05) is 5.01 Å². The number of carbonyl (C=O) groups is 2. The zero-order valence-electron chi connectivity index (χ0n) is 31.9. The van der Waals surface area contributed by atoms with Crippen LogP contribution in [0.2, 0.25) is 0 Å². The third-order valence-electron chi connectivity index (χ3n) is 12.9. The molecular weight excluding hydrogens is 763 g/mol. The molecule has 56 heavy (non-hydrogen) atoms. The Kier molecular flexibility index (Phi) is 15.7. The van der Waals surface area contributed by atoms with Crippen LogP contribution in [0.3, 0.4) is 0 Å². The van der Waals surface area contributed by atoms with E-state index in [1.165, 1.54) is 12.6 Å². The molecule has 6 rings (SSSR count). The van der Waals surface area contributed by atoms with Gasteiger partial charge in [-0.15, -0.1) is 11.6 Å². The number of carbonyl (C=O) groups excluding carboxylic acids is 2. The number of likely N-dealkylation sites (tertiary alicyclic amines) is 1. The molecule has 3 heterocycles. The number of nitrogens with zero attached hydrogens (tertiary/aromatic N) is 3. The van der Waals surface area contributed by atoms with Gasteiger partial charge in [0.1, 0.15) is 24.4 Å². The van der Waals surface area contributed by atoms with E-state index in [2.05, 4.69) is 31.7 Å². The highest BCUT2D eigenvalue weighted by molar-refractivity contribution is 6.20. The van der Waals surface area contributed by atoms with Crippen molar-refractivity contribution in [1.29, 1.82) is 0 Å². The fourth-order valence-electron chi connectivity index (χ4n) is 9.63. The van der Waals surface area contributed by atoms with E-state index in [0.29, 0.717) is 38.8 Å². The lowest BCUT2D eigenvalue weighted by atomic mass is 9.78. The largest absolute Gasteiger partial charge is 0.394 e. The van der Waals surface area contributed by atoms with E-state index in [1.54, 1.807) is 0 Å². The average Bonchev–Trinajstić information content (AvgIpc) is 3.64. The van der Waals surface area contributed by atoms with E-state index in [0.717, 1.165) is 51.6 Å². The number of rotatable bonds is 12. The van der Waals surface area contributed by atoms with E-state index >= 15 is 0 Å². The van der Waals surface area contributed by atoms with Crippen LogP contribution in [0.25, 0.3) is 0 Å². The number of halogens is 4. The van der Waals surface area contributed by atoms with Crippen LogP contribution in [-0.2, 0) is 19.1 Å². The molecule has 0 spiro atoms. The number of hydrazine groups is 2. The Hall–Kier alpha value is -1.71. The standard InChI is InChI=1S/C37H61ClF3N7O8/c38-28-9-7-21(14-27(28)37(39,40)41)16-42-45-35(54)26-15-25(47-11-2-1-3-12-47)8-10-29(26)43-34(53)23-6-4-5-22(13-23)17-48-18-24(44-46-48)20-55-36-33(52)32(51)31(50)30(19-49)56-36/h16,21-33,36,44,46,49-52H,1-15,17-20H2,(H,43,53)(H,45,54)/b42-16+/t21?,22?,23?,24?,25?,26?,27?,28?,29?,30-,31-,32+,33-,36?/m0/s1. The topological polar surface area (TPSA) is 200 Å². The monoisotopic (exact) mass is 823 g/mol. The molecule has 3 saturated carbocycles. The minimum Gasteiger partial charge on any atom is -0.394 e. The number of hydrazone groups is 1. The van der Waals surface area contributed by atoms with Crippen molar-refractivity contribution in [3.05, 3.63) is 0 Å². The van der Waals surface area contributed by atoms with Crippen molar-refractivity contribution in [2.75, 3.05) is 39.4 Å². The Bertz CT molecular complexity index is 1320. The fourth-order valence-corrected chi connectivity index (χ4v) is 10.0. The first-order valence-electron chi connectivity index (χ1n) is 20.6. The van der Waals surface area contributed by atoms with Crippen LogP contribution in [0, 0.1) is 29.6 Å². The summed E-state index contributed by atoms with van der Waals surface area (Å²) in [6.45, 7) is 2.77. The summed E-state index contributed by atoms with van der Waals surface area (Å²) in [5, 5.41) is 48.2. The predicted octanol–water partition coefficient (Wildman–Crippen LogP) is 1.13. The van der Waals surface area contributed by atoms with Crippen LogP contribution in [0.15, 0.2) is 5.10 Å². The molecule has 3 aliphatic carbocycles. The average molecular weight is 824 g/mol. The summed E-state index contributed by atoms with van der Waals surface area (Å²) in [5.74, 6) is -2.96. The van der Waals surface area contributed by atoms with Gasteiger partial charge in [0, 0.05) is 42.7 Å². The van der Waals surface area contributed by atoms with Crippen LogP contribution >= 0.6 is 11.6 Å². The highest BCUT2D eigenvalue weighted by atomic mass is 35.5. The molecule has 0 aromatic carbocycles. The molecule has 2 amide bonds. The van der Waals surface area contributed by atoms with Gasteiger partial charge >= 0.3 is 6.18 Å². The summed E-state index contributed by atoms with van der Waals surface area (Å²) in [6.07, 6.45) is -0.396. The molecule has 3 aliphatic heterocycles. The number of hydrogen-bond acceptors (Lipinski definition) is 13. The number of alkyl halides is 4. The summed E-state index contributed by atoms with van der Waals surface area (Å²) in [4.78, 5) is 30.0. The summed E-state index contributed by atoms with van der Waals surface area (Å²) in [5.41, 5.74) is 8.92. The van der Waals surface area contributed by atoms with Gasteiger partial charge in [0.15, 0.2) is 6.29 Å². The van der Waals surface area contributed by atoms with Crippen molar-refractivity contribution < 1.29 is 52.7 Å². The second-order valence-electron chi connectivity index (χ2n) is 16.9. The summed E-state index contributed by atoms with van der Waals surface area (Å²) in [7, 11) is 0. The van der Waals surface area contributed by atoms with Gasteiger partial charge in [-0.25, -0.2) is 15.9 Å². The van der Waals surface area contributed by atoms with Gasteiger partial charge in [-0.1, -0.05) is 12.8 Å². The van der Waals surface area contributed by atoms with Gasteiger partial charge in [0.25, 0.3) is 0 Å². The van der Waals surface area contributed by atoms with Gasteiger partial charge in [-0.2, -0.15) is 23.8 Å². The van der Waals surface area contributed by atoms with Crippen LogP contribution in [0.4, 0.5) is 13.2 Å². The van der Waals surface area contributed by atoms with Gasteiger partial charge in [-0.3, -0.25) is 9.59 Å². The molecule has 8 N–H and O–H groups in total. The SMILES string of the molecule is O=C(NC1CCC(N2CCCCC2)CC1C(=O)N/N=C/C1CCC(Cl)C(C(F)(F)F)C1)C1CCCC(CN2CC(COC3O[C@@H](CO)[C@H](O)[C@@H](O)[C@@H]3O)NN2)C1. The summed E-state index contributed by atoms with van der Waals surface area (Å²) < 4.78 is 51.7. The molecule has 320 valence electrons. The predicted molar refractivity (Wildman–Crippen MR) is 198 cm³/mol. The van der Waals surface area contributed by atoms with Crippen molar-refractivity contribution in [1.82, 2.24) is 31.6 Å². The highest BCUT2D eigenvalue weighted by Crippen LogP contribution is 2.42. The quantitative estimate of drug-likeness (QED) is 0.0795. The van der Waals surface area contributed by atoms with Gasteiger partial charge < -0.3 is 40.1 Å². The van der Waals surface area contributed by atoms with Gasteiger partial charge in [0.05, 0.1) is 31.1 Å². The van der Waals surface area contributed by atoms with Crippen molar-refractivity contribution >= 4 is 29.6 Å². The first-order chi connectivity index (χ1) is 26.8. The van der Waals surface area contributed by atoms with Crippen molar-refractivity contribution in [2.45, 2.75) is 144 Å². The number of aliphatic hydroxyl groups is 4. The van der Waals surface area contributed by atoms with E-state index < -0.39 is 66.6 Å². The molecule has 0 radical (unpaired) electrons. The van der Waals surface area contributed by atoms with Crippen LogP contribution in [0.5, 0.6) is 0 Å². The number of aliphatic hydroxyl groups excluding tert-OH is 4. The molecule has 15 nitrogen and oxygen atoms in total. The molecule has 14 atom stereocenters. The highest BCUT2D eigenvalue weighted by Gasteiger charge is 2.47. The second-order valence-corrected chi connectivity index (χ2v) is 17.5. The summed E-state index contributed by atoms with van der Waals surface area (Å²) >= 11 is 6.00. The lowest BCUT2D eigenvalue weighted by Crippen LogP contribution is -2.59. The first-order valence-corrected chi connectivity index (χ1v) is 21.0. The zero-order chi connectivity index (χ0) is 40.0. The molecule has 3 saturated heterocycles. The van der Waals surface area contributed by atoms with E-state index in [9.17, 15) is 43.2 Å². The van der Waals surface area contributed by atoms with Gasteiger partial charge in [-0.05, 0) is 95.6 Å². The van der Waals surface area contributed by atoms with E-state index in [-0.39, 0.29) is 61.2 Å². The second kappa shape index (κ2) is 20.0. The lowest BCUT2D eigenvalue weighted by molar-refractivity contribution is -0.301. The minimum atomic E-state index is -4.39. The Labute approximate surface area is 331 Å². The van der Waals surface area contributed by atoms with Gasteiger partial charge in [0.2, 0.25) is 11.8 Å². The minimum absolute atomic E-state index is 0.0632. The first kappa shape index (κ1) is 43.9. The maximum Gasteiger partial charge on any atom is 0.393 e. The van der Waals surface area contributed by atoms with Crippen LogP contribution in [-0.4, -0.2) is 148 Å². The normalized spacial score (nSPS) is 40.8. The molecule has 19 heteroatoms. The number of piperidine rings is 1. The Morgan fingerprint density at radius 3 is 2.48 bits per heavy atom. The molecule has 0 aromatic rings. The van der Waals surface area contributed by atoms with E-state index in [4.69, 9.17) is 21.1 Å². The van der Waals surface area contributed by atoms with Crippen molar-refractivity contribution in [3.63, 3.8) is 0 Å². The van der Waals surface area contributed by atoms with Crippen molar-refractivity contribution in [3.8, 4) is 0 Å². The Morgan fingerprint density at radius 2 is 1.73 bits per heavy atom. The van der Waals surface area contributed by atoms with Crippen molar-refractivity contribution in [2.24, 2.45) is 34.7 Å². The molecule has 10 unspecified atom stereocenters. The molecular formula is C37H61ClF3N7O8. The molecule has 0 aromatic heterocycles. The van der Waals surface area contributed by atoms with Crippen LogP contribution < -0.4 is 21.7 Å². The molecule has 6 fully saturated rings. The third-order valence-corrected chi connectivity index (χ3v) is 13.4.